The molecule has 0 saturated heterocycles. The second-order valence-corrected chi connectivity index (χ2v) is 4.24. The van der Waals surface area contributed by atoms with Gasteiger partial charge < -0.3 is 11.5 Å². The number of benzene rings is 1. The molecule has 0 heterocycles. The summed E-state index contributed by atoms with van der Waals surface area (Å²) in [6.45, 7) is 0.459. The number of nitrogens with two attached hydrogens (primary N) is 2. The highest BCUT2D eigenvalue weighted by Crippen LogP contribution is 2.33. The molecule has 1 aromatic rings. The lowest BCUT2D eigenvalue weighted by atomic mass is 10.0. The Kier molecular flexibility index (Phi) is 6.99. The first-order valence-electron chi connectivity index (χ1n) is 5.18. The smallest absolute Gasteiger partial charge is 0.330 e. The van der Waals surface area contributed by atoms with Gasteiger partial charge in [0.25, 0.3) is 0 Å². The third-order valence-electron chi connectivity index (χ3n) is 2.39. The molecular formula is C11H15Cl2F3N2. The van der Waals surface area contributed by atoms with Crippen LogP contribution in [-0.2, 0) is 6.18 Å². The summed E-state index contributed by atoms with van der Waals surface area (Å²) < 4.78 is 37.6. The molecule has 0 radical (unpaired) electrons. The summed E-state index contributed by atoms with van der Waals surface area (Å²) in [4.78, 5) is 0. The summed E-state index contributed by atoms with van der Waals surface area (Å²) in [5.41, 5.74) is 10.7. The van der Waals surface area contributed by atoms with Crippen molar-refractivity contribution in [1.29, 1.82) is 0 Å². The molecule has 0 spiro atoms. The number of alkyl halides is 3. The van der Waals surface area contributed by atoms with Gasteiger partial charge in [0, 0.05) is 11.1 Å². The van der Waals surface area contributed by atoms with Crippen molar-refractivity contribution in [2.24, 2.45) is 11.5 Å². The maximum Gasteiger partial charge on any atom is 0.416 e. The van der Waals surface area contributed by atoms with Gasteiger partial charge in [-0.15, -0.1) is 12.4 Å². The van der Waals surface area contributed by atoms with Crippen molar-refractivity contribution >= 4 is 24.0 Å². The van der Waals surface area contributed by atoms with Gasteiger partial charge in [0.2, 0.25) is 0 Å². The molecule has 1 atom stereocenters. The van der Waals surface area contributed by atoms with Crippen LogP contribution in [0, 0.1) is 0 Å². The minimum Gasteiger partial charge on any atom is -0.330 e. The van der Waals surface area contributed by atoms with Crippen LogP contribution in [0.25, 0.3) is 0 Å². The first-order chi connectivity index (χ1) is 7.84. The highest BCUT2D eigenvalue weighted by molar-refractivity contribution is 6.30. The van der Waals surface area contributed by atoms with E-state index in [0.29, 0.717) is 24.9 Å². The van der Waals surface area contributed by atoms with E-state index in [2.05, 4.69) is 0 Å². The van der Waals surface area contributed by atoms with Crippen LogP contribution in [0.4, 0.5) is 13.2 Å². The summed E-state index contributed by atoms with van der Waals surface area (Å²) in [6.07, 6.45) is -3.21. The van der Waals surface area contributed by atoms with Crippen molar-refractivity contribution in [3.63, 3.8) is 0 Å². The topological polar surface area (TPSA) is 52.0 Å². The zero-order valence-electron chi connectivity index (χ0n) is 9.51. The molecule has 4 N–H and O–H groups in total. The van der Waals surface area contributed by atoms with Crippen LogP contribution in [0.1, 0.15) is 30.0 Å². The normalized spacial score (nSPS) is 13.0. The van der Waals surface area contributed by atoms with Gasteiger partial charge in [-0.2, -0.15) is 13.2 Å². The monoisotopic (exact) mass is 302 g/mol. The summed E-state index contributed by atoms with van der Waals surface area (Å²) >= 11 is 5.65. The Labute approximate surface area is 115 Å². The number of hydrogen-bond donors (Lipinski definition) is 2. The van der Waals surface area contributed by atoms with Crippen LogP contribution < -0.4 is 11.5 Å². The molecule has 0 aliphatic carbocycles. The van der Waals surface area contributed by atoms with Crippen LogP contribution in [0.3, 0.4) is 0 Å². The average molecular weight is 303 g/mol. The molecule has 0 amide bonds. The highest BCUT2D eigenvalue weighted by Gasteiger charge is 2.31. The van der Waals surface area contributed by atoms with Crippen molar-refractivity contribution in [2.45, 2.75) is 25.1 Å². The minimum absolute atomic E-state index is 0. The Bertz CT molecular complexity index is 383. The van der Waals surface area contributed by atoms with E-state index in [9.17, 15) is 13.2 Å². The number of rotatable bonds is 4. The molecule has 7 heteroatoms. The van der Waals surface area contributed by atoms with Crippen molar-refractivity contribution in [1.82, 2.24) is 0 Å². The lowest BCUT2D eigenvalue weighted by molar-refractivity contribution is -0.137. The Balaban J connectivity index is 0.00000289. The molecule has 0 aromatic heterocycles. The van der Waals surface area contributed by atoms with Gasteiger partial charge in [0.05, 0.1) is 5.56 Å². The van der Waals surface area contributed by atoms with E-state index in [4.69, 9.17) is 23.1 Å². The average Bonchev–Trinajstić information content (AvgIpc) is 2.23. The van der Waals surface area contributed by atoms with Crippen molar-refractivity contribution in [3.05, 3.63) is 34.3 Å². The molecule has 0 fully saturated rings. The molecule has 0 saturated carbocycles. The van der Waals surface area contributed by atoms with Gasteiger partial charge in [-0.25, -0.2) is 0 Å². The van der Waals surface area contributed by atoms with Crippen LogP contribution in [0.5, 0.6) is 0 Å². The van der Waals surface area contributed by atoms with Crippen LogP contribution >= 0.6 is 24.0 Å². The third kappa shape index (κ3) is 5.02. The fourth-order valence-electron chi connectivity index (χ4n) is 1.49. The largest absolute Gasteiger partial charge is 0.416 e. The lowest BCUT2D eigenvalue weighted by Crippen LogP contribution is -2.14. The first kappa shape index (κ1) is 17.5. The Morgan fingerprint density at radius 1 is 1.22 bits per heavy atom. The zero-order chi connectivity index (χ0) is 13.1. The van der Waals surface area contributed by atoms with E-state index in [1.807, 2.05) is 0 Å². The molecule has 0 aliphatic rings. The number of halogens is 5. The molecular weight excluding hydrogens is 288 g/mol. The van der Waals surface area contributed by atoms with Gasteiger partial charge >= 0.3 is 6.18 Å². The molecule has 1 aromatic carbocycles. The van der Waals surface area contributed by atoms with E-state index < -0.39 is 17.8 Å². The Hall–Kier alpha value is -0.490. The molecule has 104 valence electrons. The predicted molar refractivity (Wildman–Crippen MR) is 68.9 cm³/mol. The fourth-order valence-corrected chi connectivity index (χ4v) is 1.74. The van der Waals surface area contributed by atoms with Crippen molar-refractivity contribution in [3.8, 4) is 0 Å². The van der Waals surface area contributed by atoms with Gasteiger partial charge in [-0.3, -0.25) is 0 Å². The molecule has 2 nitrogen and oxygen atoms in total. The minimum atomic E-state index is -4.41. The summed E-state index contributed by atoms with van der Waals surface area (Å²) in [5, 5.41) is 0.0398. The first-order valence-corrected chi connectivity index (χ1v) is 5.55. The van der Waals surface area contributed by atoms with Crippen molar-refractivity contribution < 1.29 is 13.2 Å². The van der Waals surface area contributed by atoms with E-state index in [-0.39, 0.29) is 17.4 Å². The zero-order valence-corrected chi connectivity index (χ0v) is 11.1. The fraction of sp³-hybridized carbons (Fsp3) is 0.455. The quantitative estimate of drug-likeness (QED) is 0.894. The maximum absolute atomic E-state index is 12.5. The molecule has 0 aliphatic heterocycles. The molecule has 18 heavy (non-hydrogen) atoms. The summed E-state index contributed by atoms with van der Waals surface area (Å²) in [5.74, 6) is 0. The standard InChI is InChI=1S/C11H14ClF3N2.ClH/c12-9-5-7(10(17)2-1-3-16)4-8(6-9)11(13,14)15;/h4-6,10H,1-3,16-17H2;1H/t10-;/m1./s1. The SMILES string of the molecule is Cl.NCCC[C@@H](N)c1cc(Cl)cc(C(F)(F)F)c1. The van der Waals surface area contributed by atoms with Crippen LogP contribution in [-0.4, -0.2) is 6.54 Å². The third-order valence-corrected chi connectivity index (χ3v) is 2.61. The molecule has 0 bridgehead atoms. The van der Waals surface area contributed by atoms with Gasteiger partial charge in [0.1, 0.15) is 0 Å². The molecule has 0 unspecified atom stereocenters. The predicted octanol–water partition coefficient (Wildman–Crippen LogP) is 3.52. The van der Waals surface area contributed by atoms with E-state index >= 15 is 0 Å². The van der Waals surface area contributed by atoms with Crippen LogP contribution in [0.2, 0.25) is 5.02 Å². The van der Waals surface area contributed by atoms with Crippen LogP contribution in [0.15, 0.2) is 18.2 Å². The second-order valence-electron chi connectivity index (χ2n) is 3.81. The second kappa shape index (κ2) is 7.19. The molecule has 1 rings (SSSR count). The van der Waals surface area contributed by atoms with E-state index in [1.165, 1.54) is 6.07 Å². The summed E-state index contributed by atoms with van der Waals surface area (Å²) in [7, 11) is 0. The Morgan fingerprint density at radius 2 is 1.83 bits per heavy atom. The van der Waals surface area contributed by atoms with Gasteiger partial charge in [-0.05, 0) is 43.1 Å². The van der Waals surface area contributed by atoms with Gasteiger partial charge in [-0.1, -0.05) is 11.6 Å². The Morgan fingerprint density at radius 3 is 2.33 bits per heavy atom. The van der Waals surface area contributed by atoms with Crippen molar-refractivity contribution in [2.75, 3.05) is 6.54 Å². The van der Waals surface area contributed by atoms with E-state index in [1.54, 1.807) is 0 Å². The van der Waals surface area contributed by atoms with Gasteiger partial charge in [0.15, 0.2) is 0 Å². The highest BCUT2D eigenvalue weighted by atomic mass is 35.5. The van der Waals surface area contributed by atoms with E-state index in [0.717, 1.165) is 12.1 Å². The maximum atomic E-state index is 12.5. The summed E-state index contributed by atoms with van der Waals surface area (Å²) in [6, 6.07) is 2.91. The lowest BCUT2D eigenvalue weighted by Gasteiger charge is -2.15. The number of hydrogen-bond acceptors (Lipinski definition) is 2.